The number of halogens is 1. The molecule has 1 aromatic carbocycles. The number of nitriles is 1. The summed E-state index contributed by atoms with van der Waals surface area (Å²) in [5.41, 5.74) is 1.36. The summed E-state index contributed by atoms with van der Waals surface area (Å²) in [4.78, 5) is 14.1. The molecule has 6 nitrogen and oxygen atoms in total. The second-order valence-corrected chi connectivity index (χ2v) is 6.24. The van der Waals surface area contributed by atoms with Crippen LogP contribution in [0.25, 0.3) is 0 Å². The maximum Gasteiger partial charge on any atom is 0.226 e. The minimum atomic E-state index is -0.413. The number of benzene rings is 1. The third-order valence-electron chi connectivity index (χ3n) is 4.22. The van der Waals surface area contributed by atoms with Crippen LogP contribution in [0.4, 0.5) is 10.1 Å². The van der Waals surface area contributed by atoms with E-state index in [0.717, 1.165) is 19.4 Å². The molecule has 1 atom stereocenters. The summed E-state index contributed by atoms with van der Waals surface area (Å²) in [6.07, 6.45) is 1.87. The van der Waals surface area contributed by atoms with Crippen LogP contribution in [0.2, 0.25) is 0 Å². The van der Waals surface area contributed by atoms with Gasteiger partial charge in [0.1, 0.15) is 11.6 Å². The van der Waals surface area contributed by atoms with Gasteiger partial charge in [-0.25, -0.2) is 4.39 Å². The zero-order chi connectivity index (χ0) is 17.8. The second kappa shape index (κ2) is 7.34. The van der Waals surface area contributed by atoms with E-state index >= 15 is 0 Å². The Hall–Kier alpha value is -2.88. The van der Waals surface area contributed by atoms with Crippen molar-refractivity contribution in [2.45, 2.75) is 32.2 Å². The fourth-order valence-electron chi connectivity index (χ4n) is 3.09. The smallest absolute Gasteiger partial charge is 0.226 e. The van der Waals surface area contributed by atoms with Gasteiger partial charge in [0.25, 0.3) is 0 Å². The van der Waals surface area contributed by atoms with E-state index < -0.39 is 5.82 Å². The number of amides is 1. The van der Waals surface area contributed by atoms with Crippen molar-refractivity contribution in [2.75, 3.05) is 18.0 Å². The predicted molar refractivity (Wildman–Crippen MR) is 89.4 cm³/mol. The van der Waals surface area contributed by atoms with E-state index in [1.165, 1.54) is 6.07 Å². The Morgan fingerprint density at radius 2 is 2.36 bits per heavy atom. The number of carbonyl (C=O) groups excluding carboxylic acids is 1. The lowest BCUT2D eigenvalue weighted by Gasteiger charge is -2.35. The number of nitrogens with zero attached hydrogens (tertiary/aromatic N) is 3. The predicted octanol–water partition coefficient (Wildman–Crippen LogP) is 2.32. The Labute approximate surface area is 145 Å². The second-order valence-electron chi connectivity index (χ2n) is 6.24. The Balaban J connectivity index is 1.61. The van der Waals surface area contributed by atoms with Gasteiger partial charge in [-0.3, -0.25) is 4.79 Å². The highest BCUT2D eigenvalue weighted by Gasteiger charge is 2.23. The van der Waals surface area contributed by atoms with Crippen molar-refractivity contribution in [3.63, 3.8) is 0 Å². The number of anilines is 1. The first-order valence-electron chi connectivity index (χ1n) is 8.21. The molecule has 1 aliphatic heterocycles. The van der Waals surface area contributed by atoms with Crippen LogP contribution in [0.3, 0.4) is 0 Å². The number of aryl methyl sites for hydroxylation is 1. The average molecular weight is 342 g/mol. The Bertz CT molecular complexity index is 812. The SMILES string of the molecule is Cc1cc(CC(=O)N[C@H]2CCCN(c3ccc(C#N)cc3F)C2)no1. The van der Waals surface area contributed by atoms with E-state index in [-0.39, 0.29) is 18.4 Å². The summed E-state index contributed by atoms with van der Waals surface area (Å²) in [5, 5.41) is 15.6. The molecule has 2 heterocycles. The van der Waals surface area contributed by atoms with E-state index in [1.54, 1.807) is 25.1 Å². The van der Waals surface area contributed by atoms with Gasteiger partial charge in [-0.15, -0.1) is 0 Å². The number of hydrogen-bond acceptors (Lipinski definition) is 5. The first-order valence-corrected chi connectivity index (χ1v) is 8.21. The summed E-state index contributed by atoms with van der Waals surface area (Å²) >= 11 is 0. The molecule has 0 saturated carbocycles. The molecule has 3 rings (SSSR count). The Morgan fingerprint density at radius 1 is 1.52 bits per heavy atom. The normalized spacial score (nSPS) is 17.2. The Morgan fingerprint density at radius 3 is 3.04 bits per heavy atom. The van der Waals surface area contributed by atoms with Crippen molar-refractivity contribution in [1.82, 2.24) is 10.5 Å². The summed E-state index contributed by atoms with van der Waals surface area (Å²) in [6, 6.07) is 8.08. The van der Waals surface area contributed by atoms with Gasteiger partial charge in [0.05, 0.1) is 29.4 Å². The van der Waals surface area contributed by atoms with E-state index in [1.807, 2.05) is 11.0 Å². The van der Waals surface area contributed by atoms with Crippen LogP contribution < -0.4 is 10.2 Å². The number of nitrogens with one attached hydrogen (secondary N) is 1. The summed E-state index contributed by atoms with van der Waals surface area (Å²) in [7, 11) is 0. The third-order valence-corrected chi connectivity index (χ3v) is 4.22. The van der Waals surface area contributed by atoms with Crippen molar-refractivity contribution in [3.05, 3.63) is 47.1 Å². The fourth-order valence-corrected chi connectivity index (χ4v) is 3.09. The van der Waals surface area contributed by atoms with Gasteiger partial charge in [-0.2, -0.15) is 5.26 Å². The molecule has 2 aromatic rings. The molecular formula is C18H19FN4O2. The molecule has 1 saturated heterocycles. The maximum absolute atomic E-state index is 14.2. The van der Waals surface area contributed by atoms with Gasteiger partial charge in [0.2, 0.25) is 5.91 Å². The van der Waals surface area contributed by atoms with E-state index in [9.17, 15) is 9.18 Å². The fraction of sp³-hybridized carbons (Fsp3) is 0.389. The quantitative estimate of drug-likeness (QED) is 0.922. The van der Waals surface area contributed by atoms with Crippen molar-refractivity contribution in [2.24, 2.45) is 0 Å². The highest BCUT2D eigenvalue weighted by Crippen LogP contribution is 2.24. The molecule has 1 N–H and O–H groups in total. The van der Waals surface area contributed by atoms with E-state index in [0.29, 0.717) is 29.2 Å². The van der Waals surface area contributed by atoms with Crippen LogP contribution >= 0.6 is 0 Å². The van der Waals surface area contributed by atoms with Crippen LogP contribution in [0.1, 0.15) is 29.9 Å². The molecule has 1 fully saturated rings. The zero-order valence-electron chi connectivity index (χ0n) is 14.0. The minimum Gasteiger partial charge on any atom is -0.367 e. The largest absolute Gasteiger partial charge is 0.367 e. The van der Waals surface area contributed by atoms with Crippen LogP contribution in [-0.2, 0) is 11.2 Å². The number of hydrogen-bond donors (Lipinski definition) is 1. The van der Waals surface area contributed by atoms with Gasteiger partial charge in [-0.1, -0.05) is 5.16 Å². The summed E-state index contributed by atoms with van der Waals surface area (Å²) in [5.74, 6) is 0.132. The van der Waals surface area contributed by atoms with Crippen LogP contribution in [0.5, 0.6) is 0 Å². The van der Waals surface area contributed by atoms with Crippen LogP contribution in [0.15, 0.2) is 28.8 Å². The van der Waals surface area contributed by atoms with Gasteiger partial charge >= 0.3 is 0 Å². The molecule has 0 radical (unpaired) electrons. The number of carbonyl (C=O) groups is 1. The topological polar surface area (TPSA) is 82.2 Å². The van der Waals surface area contributed by atoms with Crippen LogP contribution in [0, 0.1) is 24.1 Å². The van der Waals surface area contributed by atoms with Crippen molar-refractivity contribution in [3.8, 4) is 6.07 Å². The van der Waals surface area contributed by atoms with Gasteiger partial charge in [0, 0.05) is 25.2 Å². The van der Waals surface area contributed by atoms with Gasteiger partial charge < -0.3 is 14.7 Å². The minimum absolute atomic E-state index is 0.0516. The molecule has 1 aliphatic rings. The van der Waals surface area contributed by atoms with E-state index in [4.69, 9.17) is 9.78 Å². The lowest BCUT2D eigenvalue weighted by atomic mass is 10.0. The third kappa shape index (κ3) is 4.15. The highest BCUT2D eigenvalue weighted by molar-refractivity contribution is 5.78. The monoisotopic (exact) mass is 342 g/mol. The summed E-state index contributed by atoms with van der Waals surface area (Å²) < 4.78 is 19.2. The van der Waals surface area contributed by atoms with E-state index in [2.05, 4.69) is 10.5 Å². The van der Waals surface area contributed by atoms with Crippen molar-refractivity contribution in [1.29, 1.82) is 5.26 Å². The highest BCUT2D eigenvalue weighted by atomic mass is 19.1. The maximum atomic E-state index is 14.2. The van der Waals surface area contributed by atoms with Gasteiger partial charge in [0.15, 0.2) is 0 Å². The molecule has 25 heavy (non-hydrogen) atoms. The molecule has 0 bridgehead atoms. The van der Waals surface area contributed by atoms with Crippen molar-refractivity contribution < 1.29 is 13.7 Å². The first kappa shape index (κ1) is 17.0. The molecule has 7 heteroatoms. The van der Waals surface area contributed by atoms with Gasteiger partial charge in [-0.05, 0) is 38.0 Å². The van der Waals surface area contributed by atoms with Crippen LogP contribution in [-0.4, -0.2) is 30.2 Å². The molecule has 0 spiro atoms. The number of rotatable bonds is 4. The molecule has 1 amide bonds. The molecule has 1 aromatic heterocycles. The zero-order valence-corrected chi connectivity index (χ0v) is 14.0. The average Bonchev–Trinajstić information content (AvgIpc) is 2.99. The Kier molecular flexibility index (Phi) is 4.98. The molecule has 0 unspecified atom stereocenters. The molecule has 0 aliphatic carbocycles. The summed E-state index contributed by atoms with van der Waals surface area (Å²) in [6.45, 7) is 3.03. The number of aromatic nitrogens is 1. The standard InChI is InChI=1S/C18H19FN4O2/c1-12-7-15(22-25-12)9-18(24)21-14-3-2-6-23(11-14)17-5-4-13(10-20)8-16(17)19/h4-5,7-8,14H,2-3,6,9,11H2,1H3,(H,21,24)/t14-/m0/s1. The first-order chi connectivity index (χ1) is 12.0. The lowest BCUT2D eigenvalue weighted by Crippen LogP contribution is -2.48. The number of piperidine rings is 1. The molecular weight excluding hydrogens is 323 g/mol. The molecule has 130 valence electrons. The van der Waals surface area contributed by atoms with Crippen molar-refractivity contribution >= 4 is 11.6 Å². The lowest BCUT2D eigenvalue weighted by molar-refractivity contribution is -0.121.